The van der Waals surface area contributed by atoms with Crippen LogP contribution in [0, 0.1) is 11.7 Å². The number of nitrogens with zero attached hydrogens (tertiary/aromatic N) is 1. The van der Waals surface area contributed by atoms with Gasteiger partial charge in [0.2, 0.25) is 5.91 Å². The molecular weight excluding hydrogens is 291 g/mol. The third-order valence-electron chi connectivity index (χ3n) is 5.21. The van der Waals surface area contributed by atoms with Gasteiger partial charge in [-0.1, -0.05) is 31.4 Å². The van der Waals surface area contributed by atoms with Gasteiger partial charge in [-0.25, -0.2) is 4.39 Å². The van der Waals surface area contributed by atoms with Gasteiger partial charge in [0, 0.05) is 18.5 Å². The maximum absolute atomic E-state index is 13.2. The normalized spacial score (nSPS) is 21.3. The molecule has 3 nitrogen and oxygen atoms in total. The topological polar surface area (TPSA) is 32.3 Å². The first-order valence-electron chi connectivity index (χ1n) is 8.98. The summed E-state index contributed by atoms with van der Waals surface area (Å²) in [5, 5.41) is 3.25. The number of rotatable bonds is 4. The lowest BCUT2D eigenvalue weighted by Crippen LogP contribution is -2.44. The first kappa shape index (κ1) is 16.4. The number of halogens is 1. The van der Waals surface area contributed by atoms with Gasteiger partial charge in [0.1, 0.15) is 5.82 Å². The van der Waals surface area contributed by atoms with Crippen LogP contribution in [-0.2, 0) is 11.3 Å². The Bertz CT molecular complexity index is 520. The largest absolute Gasteiger partial charge is 0.353 e. The van der Waals surface area contributed by atoms with Crippen molar-refractivity contribution in [2.45, 2.75) is 57.5 Å². The smallest absolute Gasteiger partial charge is 0.223 e. The van der Waals surface area contributed by atoms with E-state index in [1.165, 1.54) is 25.3 Å². The molecule has 0 bridgehead atoms. The van der Waals surface area contributed by atoms with Crippen molar-refractivity contribution in [3.05, 3.63) is 35.6 Å². The van der Waals surface area contributed by atoms with Gasteiger partial charge in [-0.15, -0.1) is 0 Å². The van der Waals surface area contributed by atoms with Crippen LogP contribution in [-0.4, -0.2) is 29.9 Å². The highest BCUT2D eigenvalue weighted by Crippen LogP contribution is 2.22. The van der Waals surface area contributed by atoms with E-state index in [-0.39, 0.29) is 17.6 Å². The van der Waals surface area contributed by atoms with E-state index in [0.29, 0.717) is 6.04 Å². The molecule has 2 fully saturated rings. The summed E-state index contributed by atoms with van der Waals surface area (Å²) in [5.41, 5.74) is 1.01. The third kappa shape index (κ3) is 4.77. The van der Waals surface area contributed by atoms with Gasteiger partial charge < -0.3 is 5.32 Å². The summed E-state index contributed by atoms with van der Waals surface area (Å²) in [6, 6.07) is 7.20. The summed E-state index contributed by atoms with van der Waals surface area (Å²) in [6.07, 6.45) is 7.91. The van der Waals surface area contributed by atoms with E-state index in [1.807, 2.05) is 6.07 Å². The van der Waals surface area contributed by atoms with Gasteiger partial charge >= 0.3 is 0 Å². The van der Waals surface area contributed by atoms with Gasteiger partial charge in [-0.05, 0) is 56.5 Å². The Hall–Kier alpha value is -1.42. The van der Waals surface area contributed by atoms with Crippen LogP contribution in [0.1, 0.15) is 50.5 Å². The number of benzene rings is 1. The van der Waals surface area contributed by atoms with Gasteiger partial charge in [-0.3, -0.25) is 9.69 Å². The first-order valence-corrected chi connectivity index (χ1v) is 8.98. The molecule has 1 saturated carbocycles. The summed E-state index contributed by atoms with van der Waals surface area (Å²) >= 11 is 0. The van der Waals surface area contributed by atoms with E-state index >= 15 is 0 Å². The number of carbonyl (C=O) groups is 1. The highest BCUT2D eigenvalue weighted by Gasteiger charge is 2.26. The zero-order valence-corrected chi connectivity index (χ0v) is 13.8. The average Bonchev–Trinajstić information content (AvgIpc) is 2.56. The van der Waals surface area contributed by atoms with Crippen LogP contribution in [0.2, 0.25) is 0 Å². The lowest BCUT2D eigenvalue weighted by molar-refractivity contribution is -0.127. The maximum Gasteiger partial charge on any atom is 0.223 e. The van der Waals surface area contributed by atoms with Crippen LogP contribution >= 0.6 is 0 Å². The molecule has 0 radical (unpaired) electrons. The van der Waals surface area contributed by atoms with Crippen molar-refractivity contribution in [3.63, 3.8) is 0 Å². The molecule has 0 atom stereocenters. The lowest BCUT2D eigenvalue weighted by atomic mass is 9.92. The Morgan fingerprint density at radius 2 is 1.87 bits per heavy atom. The van der Waals surface area contributed by atoms with Crippen LogP contribution in [0.25, 0.3) is 0 Å². The Morgan fingerprint density at radius 3 is 2.57 bits per heavy atom. The Labute approximate surface area is 138 Å². The monoisotopic (exact) mass is 318 g/mol. The molecular formula is C19H27FN2O. The summed E-state index contributed by atoms with van der Waals surface area (Å²) in [6.45, 7) is 2.60. The number of nitrogens with one attached hydrogen (secondary N) is 1. The van der Waals surface area contributed by atoms with Crippen LogP contribution in [0.3, 0.4) is 0 Å². The van der Waals surface area contributed by atoms with Gasteiger partial charge in [0.05, 0.1) is 0 Å². The molecule has 0 aromatic heterocycles. The van der Waals surface area contributed by atoms with Crippen molar-refractivity contribution in [2.24, 2.45) is 5.92 Å². The molecule has 4 heteroatoms. The second kappa shape index (κ2) is 7.91. The number of piperidine rings is 1. The first-order chi connectivity index (χ1) is 11.2. The van der Waals surface area contributed by atoms with Crippen molar-refractivity contribution >= 4 is 5.91 Å². The fraction of sp³-hybridized carbons (Fsp3) is 0.632. The molecule has 2 aliphatic rings. The molecule has 126 valence electrons. The van der Waals surface area contributed by atoms with E-state index in [4.69, 9.17) is 0 Å². The Morgan fingerprint density at radius 1 is 1.13 bits per heavy atom. The van der Waals surface area contributed by atoms with Crippen molar-refractivity contribution in [3.8, 4) is 0 Å². The van der Waals surface area contributed by atoms with Crippen LogP contribution in [0.5, 0.6) is 0 Å². The highest BCUT2D eigenvalue weighted by molar-refractivity contribution is 5.79. The zero-order chi connectivity index (χ0) is 16.1. The quantitative estimate of drug-likeness (QED) is 0.922. The van der Waals surface area contributed by atoms with Crippen molar-refractivity contribution in [1.82, 2.24) is 10.2 Å². The summed E-state index contributed by atoms with van der Waals surface area (Å²) in [5.74, 6) is 0.229. The summed E-state index contributed by atoms with van der Waals surface area (Å²) in [4.78, 5) is 14.7. The van der Waals surface area contributed by atoms with Gasteiger partial charge in [-0.2, -0.15) is 0 Å². The predicted molar refractivity (Wildman–Crippen MR) is 89.4 cm³/mol. The van der Waals surface area contributed by atoms with Crippen molar-refractivity contribution in [1.29, 1.82) is 0 Å². The number of hydrogen-bond acceptors (Lipinski definition) is 2. The van der Waals surface area contributed by atoms with Gasteiger partial charge in [0.15, 0.2) is 0 Å². The molecule has 1 N–H and O–H groups in total. The Kier molecular flexibility index (Phi) is 5.65. The highest BCUT2D eigenvalue weighted by atomic mass is 19.1. The standard InChI is InChI=1S/C19H27FN2O/c20-17-6-4-5-15(13-17)14-22-11-9-16(10-12-22)19(23)21-18-7-2-1-3-8-18/h4-6,13,16,18H,1-3,7-12,14H2,(H,21,23). The third-order valence-corrected chi connectivity index (χ3v) is 5.21. The number of likely N-dealkylation sites (tertiary alicyclic amines) is 1. The second-order valence-electron chi connectivity index (χ2n) is 7.02. The summed E-state index contributed by atoms with van der Waals surface area (Å²) in [7, 11) is 0. The molecule has 0 unspecified atom stereocenters. The van der Waals surface area contributed by atoms with E-state index in [2.05, 4.69) is 10.2 Å². The number of amides is 1. The fourth-order valence-electron chi connectivity index (χ4n) is 3.81. The molecule has 1 aromatic carbocycles. The SMILES string of the molecule is O=C(NC1CCCCC1)C1CCN(Cc2cccc(F)c2)CC1. The number of carbonyl (C=O) groups excluding carboxylic acids is 1. The molecule has 1 aromatic rings. The minimum atomic E-state index is -0.177. The van der Waals surface area contributed by atoms with Crippen molar-refractivity contribution in [2.75, 3.05) is 13.1 Å². The molecule has 1 saturated heterocycles. The zero-order valence-electron chi connectivity index (χ0n) is 13.8. The van der Waals surface area contributed by atoms with E-state index in [1.54, 1.807) is 12.1 Å². The van der Waals surface area contributed by atoms with Crippen LogP contribution in [0.4, 0.5) is 4.39 Å². The van der Waals surface area contributed by atoms with E-state index in [0.717, 1.165) is 50.9 Å². The van der Waals surface area contributed by atoms with Crippen LogP contribution < -0.4 is 5.32 Å². The van der Waals surface area contributed by atoms with Crippen molar-refractivity contribution < 1.29 is 9.18 Å². The molecule has 1 aliphatic heterocycles. The second-order valence-corrected chi connectivity index (χ2v) is 7.02. The van der Waals surface area contributed by atoms with E-state index < -0.39 is 0 Å². The number of hydrogen-bond donors (Lipinski definition) is 1. The average molecular weight is 318 g/mol. The Balaban J connectivity index is 1.43. The summed E-state index contributed by atoms with van der Waals surface area (Å²) < 4.78 is 13.2. The molecule has 23 heavy (non-hydrogen) atoms. The molecule has 3 rings (SSSR count). The minimum Gasteiger partial charge on any atom is -0.353 e. The van der Waals surface area contributed by atoms with Crippen LogP contribution in [0.15, 0.2) is 24.3 Å². The van der Waals surface area contributed by atoms with Gasteiger partial charge in [0.25, 0.3) is 0 Å². The minimum absolute atomic E-state index is 0.153. The molecule has 1 heterocycles. The van der Waals surface area contributed by atoms with E-state index in [9.17, 15) is 9.18 Å². The fourth-order valence-corrected chi connectivity index (χ4v) is 3.81. The predicted octanol–water partition coefficient (Wildman–Crippen LogP) is 3.49. The maximum atomic E-state index is 13.2. The molecule has 1 aliphatic carbocycles. The lowest BCUT2D eigenvalue weighted by Gasteiger charge is -2.32. The molecule has 1 amide bonds. The molecule has 0 spiro atoms.